The van der Waals surface area contributed by atoms with Gasteiger partial charge in [-0.05, 0) is 10.4 Å². The Bertz CT molecular complexity index is 469. The van der Waals surface area contributed by atoms with Crippen molar-refractivity contribution in [2.75, 3.05) is 0 Å². The highest BCUT2D eigenvalue weighted by Crippen LogP contribution is 1.93. The molecule has 0 aliphatic rings. The van der Waals surface area contributed by atoms with Crippen molar-refractivity contribution in [1.29, 1.82) is 0 Å². The van der Waals surface area contributed by atoms with E-state index in [0.717, 1.165) is 10.5 Å². The summed E-state index contributed by atoms with van der Waals surface area (Å²) < 4.78 is 17.3. The summed E-state index contributed by atoms with van der Waals surface area (Å²) in [6, 6.07) is 20.7. The Balaban J connectivity index is 1.98. The van der Waals surface area contributed by atoms with Gasteiger partial charge in [-0.15, -0.1) is 0 Å². The average Bonchev–Trinajstić information content (AvgIpc) is 2.49. The van der Waals surface area contributed by atoms with Crippen LogP contribution in [0.4, 0.5) is 0 Å². The van der Waals surface area contributed by atoms with Crippen molar-refractivity contribution >= 4 is 49.9 Å². The zero-order valence-corrected chi connectivity index (χ0v) is 17.0. The summed E-state index contributed by atoms with van der Waals surface area (Å²) in [7, 11) is -2.57. The SMILES string of the molecule is [SiH3]O[SiH2]O[SiH](O[SiH2]c1ccccc1)c1ccccc1. The molecule has 100 valence electrons. The third-order valence-electron chi connectivity index (χ3n) is 2.65. The van der Waals surface area contributed by atoms with E-state index >= 15 is 0 Å². The molecule has 0 fully saturated rings. The first kappa shape index (κ1) is 14.6. The van der Waals surface area contributed by atoms with Crippen LogP contribution in [0.15, 0.2) is 60.7 Å². The Labute approximate surface area is 123 Å². The van der Waals surface area contributed by atoms with Crippen LogP contribution in [0.25, 0.3) is 0 Å². The van der Waals surface area contributed by atoms with Crippen LogP contribution in [0.3, 0.4) is 0 Å². The fraction of sp³-hybridized carbons (Fsp3) is 0. The molecule has 0 saturated heterocycles. The first-order chi connectivity index (χ1) is 9.40. The fourth-order valence-corrected chi connectivity index (χ4v) is 9.16. The Morgan fingerprint density at radius 3 is 2.11 bits per heavy atom. The third-order valence-corrected chi connectivity index (χ3v) is 8.96. The molecule has 19 heavy (non-hydrogen) atoms. The molecule has 0 N–H and O–H groups in total. The second-order valence-corrected chi connectivity index (χ2v) is 11.8. The summed E-state index contributed by atoms with van der Waals surface area (Å²) in [6.45, 7) is 0. The molecule has 2 rings (SSSR count). The molecule has 2 aromatic rings. The molecule has 0 saturated carbocycles. The van der Waals surface area contributed by atoms with Gasteiger partial charge < -0.3 is 12.3 Å². The van der Waals surface area contributed by atoms with Crippen LogP contribution in [0, 0.1) is 0 Å². The predicted octanol–water partition coefficient (Wildman–Crippen LogP) is -2.15. The van der Waals surface area contributed by atoms with Crippen LogP contribution >= 0.6 is 0 Å². The van der Waals surface area contributed by atoms with E-state index in [1.165, 1.54) is 10.4 Å². The summed E-state index contributed by atoms with van der Waals surface area (Å²) in [5, 5.41) is 2.52. The van der Waals surface area contributed by atoms with Crippen LogP contribution in [-0.4, -0.2) is 39.5 Å². The first-order valence-corrected chi connectivity index (χ1v) is 11.0. The lowest BCUT2D eigenvalue weighted by atomic mass is 10.4. The molecule has 0 bridgehead atoms. The van der Waals surface area contributed by atoms with Gasteiger partial charge in [-0.25, -0.2) is 0 Å². The van der Waals surface area contributed by atoms with Gasteiger partial charge in [0.1, 0.15) is 10.5 Å². The van der Waals surface area contributed by atoms with Gasteiger partial charge in [0.05, 0.1) is 0 Å². The van der Waals surface area contributed by atoms with Gasteiger partial charge in [0.2, 0.25) is 0 Å². The molecule has 0 heterocycles. The van der Waals surface area contributed by atoms with Crippen molar-refractivity contribution in [1.82, 2.24) is 0 Å². The lowest BCUT2D eigenvalue weighted by Gasteiger charge is -2.17. The minimum atomic E-state index is -1.76. The molecule has 1 unspecified atom stereocenters. The van der Waals surface area contributed by atoms with Gasteiger partial charge in [0.25, 0.3) is 10.0 Å². The van der Waals surface area contributed by atoms with Gasteiger partial charge in [-0.3, -0.25) is 0 Å². The molecule has 0 radical (unpaired) electrons. The van der Waals surface area contributed by atoms with Crippen LogP contribution in [0.1, 0.15) is 0 Å². The van der Waals surface area contributed by atoms with Crippen LogP contribution in [-0.2, 0) is 12.3 Å². The van der Waals surface area contributed by atoms with Crippen molar-refractivity contribution in [2.24, 2.45) is 0 Å². The molecule has 1 atom stereocenters. The molecular formula is C12H18O3Si4. The Kier molecular flexibility index (Phi) is 6.43. The maximum Gasteiger partial charge on any atom is 0.336 e. The van der Waals surface area contributed by atoms with E-state index in [-0.39, 0.29) is 0 Å². The molecule has 0 aliphatic carbocycles. The highest BCUT2D eigenvalue weighted by Gasteiger charge is 2.15. The highest BCUT2D eigenvalue weighted by molar-refractivity contribution is 6.71. The minimum Gasteiger partial charge on any atom is -0.449 e. The molecule has 0 amide bonds. The summed E-state index contributed by atoms with van der Waals surface area (Å²) in [5.41, 5.74) is 0. The predicted molar refractivity (Wildman–Crippen MR) is 89.6 cm³/mol. The normalized spacial score (nSPS) is 13.7. The monoisotopic (exact) mass is 322 g/mol. The van der Waals surface area contributed by atoms with Crippen molar-refractivity contribution in [2.45, 2.75) is 0 Å². The third kappa shape index (κ3) is 4.99. The number of hydrogen-bond donors (Lipinski definition) is 0. The number of hydrogen-bond acceptors (Lipinski definition) is 3. The Hall–Kier alpha value is -0.812. The summed E-state index contributed by atoms with van der Waals surface area (Å²) in [6.07, 6.45) is 0. The molecule has 2 aromatic carbocycles. The number of benzene rings is 2. The summed E-state index contributed by atoms with van der Waals surface area (Å²) >= 11 is 0. The van der Waals surface area contributed by atoms with Crippen molar-refractivity contribution in [3.8, 4) is 0 Å². The van der Waals surface area contributed by atoms with Crippen molar-refractivity contribution in [3.05, 3.63) is 60.7 Å². The highest BCUT2D eigenvalue weighted by atomic mass is 28.4. The van der Waals surface area contributed by atoms with E-state index in [0.29, 0.717) is 0 Å². The van der Waals surface area contributed by atoms with Gasteiger partial charge >= 0.3 is 9.28 Å². The summed E-state index contributed by atoms with van der Waals surface area (Å²) in [4.78, 5) is 0. The van der Waals surface area contributed by atoms with E-state index in [9.17, 15) is 0 Å². The van der Waals surface area contributed by atoms with Crippen molar-refractivity contribution < 1.29 is 12.3 Å². The molecule has 3 nitrogen and oxygen atoms in total. The maximum absolute atomic E-state index is 6.14. The topological polar surface area (TPSA) is 27.7 Å². The van der Waals surface area contributed by atoms with Crippen LogP contribution < -0.4 is 10.4 Å². The number of rotatable bonds is 7. The minimum absolute atomic E-state index is 0.716. The second kappa shape index (κ2) is 8.38. The maximum atomic E-state index is 6.14. The largest absolute Gasteiger partial charge is 0.449 e. The molecule has 0 spiro atoms. The average molecular weight is 323 g/mol. The van der Waals surface area contributed by atoms with E-state index in [1.54, 1.807) is 0 Å². The molecule has 0 aliphatic heterocycles. The quantitative estimate of drug-likeness (QED) is 0.544. The molecular weight excluding hydrogens is 304 g/mol. The van der Waals surface area contributed by atoms with Crippen LogP contribution in [0.5, 0.6) is 0 Å². The van der Waals surface area contributed by atoms with Gasteiger partial charge in [0.15, 0.2) is 9.76 Å². The van der Waals surface area contributed by atoms with Gasteiger partial charge in [-0.1, -0.05) is 60.7 Å². The Morgan fingerprint density at radius 1 is 0.842 bits per heavy atom. The molecule has 7 heteroatoms. The van der Waals surface area contributed by atoms with Crippen molar-refractivity contribution in [3.63, 3.8) is 0 Å². The zero-order valence-electron chi connectivity index (χ0n) is 11.0. The standard InChI is InChI=1S/C12H18O3Si4/c16-13-18-15-19(12-9-5-2-6-10-12)14-17-11-7-3-1-4-8-11/h1-10,19H,17-18H2,16H3. The van der Waals surface area contributed by atoms with E-state index in [4.69, 9.17) is 12.3 Å². The lowest BCUT2D eigenvalue weighted by molar-refractivity contribution is 0.425. The van der Waals surface area contributed by atoms with Gasteiger partial charge in [-0.2, -0.15) is 0 Å². The zero-order chi connectivity index (χ0) is 13.3. The van der Waals surface area contributed by atoms with E-state index in [2.05, 4.69) is 36.4 Å². The van der Waals surface area contributed by atoms with Crippen LogP contribution in [0.2, 0.25) is 0 Å². The fourth-order valence-electron chi connectivity index (χ4n) is 1.73. The summed E-state index contributed by atoms with van der Waals surface area (Å²) in [5.74, 6) is 0. The Morgan fingerprint density at radius 2 is 1.47 bits per heavy atom. The van der Waals surface area contributed by atoms with Gasteiger partial charge in [0, 0.05) is 0 Å². The lowest BCUT2D eigenvalue weighted by Crippen LogP contribution is -2.41. The van der Waals surface area contributed by atoms with E-state index < -0.39 is 29.1 Å². The first-order valence-electron chi connectivity index (χ1n) is 6.21. The smallest absolute Gasteiger partial charge is 0.336 e. The van der Waals surface area contributed by atoms with E-state index in [1.807, 2.05) is 24.3 Å². The second-order valence-electron chi connectivity index (χ2n) is 4.11. The molecule has 0 aromatic heterocycles.